The van der Waals surface area contributed by atoms with Gasteiger partial charge in [0.05, 0.1) is 20.3 Å². The van der Waals surface area contributed by atoms with E-state index in [9.17, 15) is 22.8 Å². The summed E-state index contributed by atoms with van der Waals surface area (Å²) < 4.78 is 41.6. The van der Waals surface area contributed by atoms with Gasteiger partial charge in [0.25, 0.3) is 0 Å². The Labute approximate surface area is 153 Å². The third-order valence-corrected chi connectivity index (χ3v) is 2.90. The van der Waals surface area contributed by atoms with E-state index in [-0.39, 0.29) is 6.61 Å². The molecule has 0 aliphatic rings. The van der Waals surface area contributed by atoms with Gasteiger partial charge in [-0.25, -0.2) is 9.59 Å². The molecule has 0 saturated carbocycles. The number of aliphatic carboxylic acids is 1. The van der Waals surface area contributed by atoms with E-state index in [4.69, 9.17) is 20.4 Å². The molecule has 0 heterocycles. The van der Waals surface area contributed by atoms with Gasteiger partial charge in [0.15, 0.2) is 0 Å². The molecule has 1 amide bonds. The molecule has 0 fully saturated rings. The summed E-state index contributed by atoms with van der Waals surface area (Å²) in [6, 6.07) is 8.01. The molecular formula is C16H21F3N2O6. The molecule has 0 saturated heterocycles. The van der Waals surface area contributed by atoms with E-state index in [1.807, 2.05) is 30.3 Å². The Hall–Kier alpha value is -2.66. The second-order valence-electron chi connectivity index (χ2n) is 5.16. The zero-order valence-electron chi connectivity index (χ0n) is 14.7. The maximum atomic E-state index is 11.7. The second kappa shape index (κ2) is 11.9. The van der Waals surface area contributed by atoms with Crippen molar-refractivity contribution < 1.29 is 42.1 Å². The molecule has 1 aromatic carbocycles. The Bertz CT molecular complexity index is 610. The smallest absolute Gasteiger partial charge is 0.475 e. The summed E-state index contributed by atoms with van der Waals surface area (Å²) in [7, 11) is 1.26. The maximum absolute atomic E-state index is 11.7. The maximum Gasteiger partial charge on any atom is 0.490 e. The fourth-order valence-corrected chi connectivity index (χ4v) is 1.51. The predicted octanol–water partition coefficient (Wildman–Crippen LogP) is 0.841. The van der Waals surface area contributed by atoms with Gasteiger partial charge in [0.1, 0.15) is 12.1 Å². The lowest BCUT2D eigenvalue weighted by molar-refractivity contribution is -0.192. The van der Waals surface area contributed by atoms with Crippen LogP contribution in [0.1, 0.15) is 12.5 Å². The number of nitrogens with one attached hydrogen (secondary N) is 1. The van der Waals surface area contributed by atoms with Crippen molar-refractivity contribution in [2.45, 2.75) is 31.8 Å². The summed E-state index contributed by atoms with van der Waals surface area (Å²) in [4.78, 5) is 31.7. The van der Waals surface area contributed by atoms with Crippen LogP contribution in [0.15, 0.2) is 30.3 Å². The van der Waals surface area contributed by atoms with Crippen LogP contribution >= 0.6 is 0 Å². The predicted molar refractivity (Wildman–Crippen MR) is 87.4 cm³/mol. The molecule has 2 atom stereocenters. The van der Waals surface area contributed by atoms with Crippen molar-refractivity contribution >= 4 is 17.8 Å². The largest absolute Gasteiger partial charge is 0.490 e. The molecule has 11 heteroatoms. The van der Waals surface area contributed by atoms with Gasteiger partial charge >= 0.3 is 18.1 Å². The SMILES string of the molecule is COC(=O)[C@H](C)NC(=O)[C@@H](N)COCc1ccccc1.O=C(O)C(F)(F)F. The van der Waals surface area contributed by atoms with E-state index >= 15 is 0 Å². The molecule has 0 aromatic heterocycles. The second-order valence-corrected chi connectivity index (χ2v) is 5.16. The number of hydrogen-bond acceptors (Lipinski definition) is 6. The van der Waals surface area contributed by atoms with Crippen LogP contribution in [0.2, 0.25) is 0 Å². The molecule has 27 heavy (non-hydrogen) atoms. The zero-order valence-corrected chi connectivity index (χ0v) is 14.7. The molecule has 0 aliphatic carbocycles. The van der Waals surface area contributed by atoms with E-state index in [2.05, 4.69) is 10.1 Å². The number of rotatable bonds is 7. The Kier molecular flexibility index (Phi) is 10.7. The Morgan fingerprint density at radius 2 is 1.74 bits per heavy atom. The van der Waals surface area contributed by atoms with Gasteiger partial charge in [-0.2, -0.15) is 13.2 Å². The van der Waals surface area contributed by atoms with Crippen LogP contribution in [0.4, 0.5) is 13.2 Å². The highest BCUT2D eigenvalue weighted by Gasteiger charge is 2.38. The van der Waals surface area contributed by atoms with E-state index in [0.29, 0.717) is 6.61 Å². The van der Waals surface area contributed by atoms with E-state index < -0.39 is 36.1 Å². The standard InChI is InChI=1S/C14H20N2O4.C2HF3O2/c1-10(14(18)19-2)16-13(17)12(15)9-20-8-11-6-4-3-5-7-11;3-2(4,5)1(6)7/h3-7,10,12H,8-9,15H2,1-2H3,(H,16,17);(H,6,7)/t10-,12-;/m0./s1. The topological polar surface area (TPSA) is 128 Å². The minimum absolute atomic E-state index is 0.0780. The first-order valence-corrected chi connectivity index (χ1v) is 7.54. The molecule has 1 aromatic rings. The number of benzene rings is 1. The number of amides is 1. The monoisotopic (exact) mass is 394 g/mol. The lowest BCUT2D eigenvalue weighted by Gasteiger charge is -2.16. The van der Waals surface area contributed by atoms with Crippen molar-refractivity contribution in [2.75, 3.05) is 13.7 Å². The average molecular weight is 394 g/mol. The highest BCUT2D eigenvalue weighted by atomic mass is 19.4. The number of nitrogens with two attached hydrogens (primary N) is 1. The third kappa shape index (κ3) is 10.8. The van der Waals surface area contributed by atoms with E-state index in [0.717, 1.165) is 5.56 Å². The number of carbonyl (C=O) groups is 3. The average Bonchev–Trinajstić information content (AvgIpc) is 2.61. The number of carboxylic acid groups (broad SMARTS) is 1. The normalized spacial score (nSPS) is 12.8. The summed E-state index contributed by atoms with van der Waals surface area (Å²) in [5, 5.41) is 9.59. The van der Waals surface area contributed by atoms with Crippen molar-refractivity contribution in [3.8, 4) is 0 Å². The van der Waals surface area contributed by atoms with Crippen molar-refractivity contribution in [2.24, 2.45) is 5.73 Å². The number of carbonyl (C=O) groups excluding carboxylic acids is 2. The van der Waals surface area contributed by atoms with Gasteiger partial charge in [-0.3, -0.25) is 4.79 Å². The fourth-order valence-electron chi connectivity index (χ4n) is 1.51. The number of esters is 1. The minimum atomic E-state index is -5.08. The summed E-state index contributed by atoms with van der Waals surface area (Å²) in [6.45, 7) is 1.99. The molecule has 4 N–H and O–H groups in total. The molecule has 0 bridgehead atoms. The number of alkyl halides is 3. The zero-order chi connectivity index (χ0) is 21.0. The van der Waals surface area contributed by atoms with Gasteiger partial charge in [-0.1, -0.05) is 30.3 Å². The van der Waals surface area contributed by atoms with Gasteiger partial charge < -0.3 is 25.6 Å². The molecule has 0 radical (unpaired) electrons. The van der Waals surface area contributed by atoms with Crippen LogP contribution in [-0.2, 0) is 30.5 Å². The quantitative estimate of drug-likeness (QED) is 0.585. The highest BCUT2D eigenvalue weighted by molar-refractivity contribution is 5.87. The van der Waals surface area contributed by atoms with Crippen LogP contribution in [0.3, 0.4) is 0 Å². The van der Waals surface area contributed by atoms with Crippen molar-refractivity contribution in [3.05, 3.63) is 35.9 Å². The molecular weight excluding hydrogens is 373 g/mol. The van der Waals surface area contributed by atoms with Crippen LogP contribution in [-0.4, -0.2) is 54.9 Å². The summed E-state index contributed by atoms with van der Waals surface area (Å²) >= 11 is 0. The first kappa shape index (κ1) is 24.3. The Balaban J connectivity index is 0.000000821. The number of halogens is 3. The van der Waals surface area contributed by atoms with Gasteiger partial charge in [-0.05, 0) is 12.5 Å². The first-order chi connectivity index (χ1) is 12.5. The first-order valence-electron chi connectivity index (χ1n) is 7.54. The molecule has 0 spiro atoms. The summed E-state index contributed by atoms with van der Waals surface area (Å²) in [6.07, 6.45) is -5.08. The van der Waals surface area contributed by atoms with Gasteiger partial charge in [0.2, 0.25) is 5.91 Å². The van der Waals surface area contributed by atoms with Crippen LogP contribution in [0, 0.1) is 0 Å². The van der Waals surface area contributed by atoms with Crippen molar-refractivity contribution in [1.29, 1.82) is 0 Å². The molecule has 8 nitrogen and oxygen atoms in total. The number of ether oxygens (including phenoxy) is 2. The molecule has 0 unspecified atom stereocenters. The fraction of sp³-hybridized carbons (Fsp3) is 0.438. The minimum Gasteiger partial charge on any atom is -0.475 e. The highest BCUT2D eigenvalue weighted by Crippen LogP contribution is 2.13. The number of carboxylic acids is 1. The van der Waals surface area contributed by atoms with Gasteiger partial charge in [-0.15, -0.1) is 0 Å². The lowest BCUT2D eigenvalue weighted by atomic mass is 10.2. The molecule has 1 rings (SSSR count). The number of hydrogen-bond donors (Lipinski definition) is 3. The Morgan fingerprint density at radius 3 is 2.19 bits per heavy atom. The van der Waals surface area contributed by atoms with E-state index in [1.54, 1.807) is 0 Å². The van der Waals surface area contributed by atoms with Crippen LogP contribution in [0.25, 0.3) is 0 Å². The Morgan fingerprint density at radius 1 is 1.22 bits per heavy atom. The van der Waals surface area contributed by atoms with E-state index in [1.165, 1.54) is 14.0 Å². The summed E-state index contributed by atoms with van der Waals surface area (Å²) in [5.41, 5.74) is 6.68. The van der Waals surface area contributed by atoms with Crippen LogP contribution in [0.5, 0.6) is 0 Å². The summed E-state index contributed by atoms with van der Waals surface area (Å²) in [5.74, 6) is -3.72. The third-order valence-electron chi connectivity index (χ3n) is 2.90. The van der Waals surface area contributed by atoms with Crippen LogP contribution < -0.4 is 11.1 Å². The molecule has 0 aliphatic heterocycles. The lowest BCUT2D eigenvalue weighted by Crippen LogP contribution is -2.49. The van der Waals surface area contributed by atoms with Crippen molar-refractivity contribution in [3.63, 3.8) is 0 Å². The van der Waals surface area contributed by atoms with Gasteiger partial charge in [0, 0.05) is 0 Å². The van der Waals surface area contributed by atoms with Crippen molar-refractivity contribution in [1.82, 2.24) is 5.32 Å². The molecule has 152 valence electrons. The number of methoxy groups -OCH3 is 1.